The fourth-order valence-electron chi connectivity index (χ4n) is 2.64. The quantitative estimate of drug-likeness (QED) is 0.918. The van der Waals surface area contributed by atoms with Gasteiger partial charge in [-0.2, -0.15) is 0 Å². The van der Waals surface area contributed by atoms with Gasteiger partial charge < -0.3 is 10.1 Å². The molecule has 0 unspecified atom stereocenters. The van der Waals surface area contributed by atoms with Crippen LogP contribution in [-0.4, -0.2) is 13.2 Å². The van der Waals surface area contributed by atoms with Crippen molar-refractivity contribution in [2.45, 2.75) is 19.9 Å². The Morgan fingerprint density at radius 3 is 2.95 bits per heavy atom. The zero-order valence-electron chi connectivity index (χ0n) is 11.6. The second kappa shape index (κ2) is 5.63. The van der Waals surface area contributed by atoms with E-state index < -0.39 is 0 Å². The number of ether oxygens (including phenoxy) is 1. The summed E-state index contributed by atoms with van der Waals surface area (Å²) in [7, 11) is 0. The molecule has 1 aliphatic rings. The summed E-state index contributed by atoms with van der Waals surface area (Å²) in [6.45, 7) is 4.40. The van der Waals surface area contributed by atoms with Gasteiger partial charge in [-0.25, -0.2) is 4.39 Å². The Bertz CT molecular complexity index is 624. The molecule has 0 saturated carbocycles. The Balaban J connectivity index is 2.09. The van der Waals surface area contributed by atoms with Gasteiger partial charge in [0, 0.05) is 18.5 Å². The Kier molecular flexibility index (Phi) is 3.70. The number of benzene rings is 2. The molecule has 2 nitrogen and oxygen atoms in total. The second-order valence-corrected chi connectivity index (χ2v) is 4.97. The zero-order chi connectivity index (χ0) is 13.9. The summed E-state index contributed by atoms with van der Waals surface area (Å²) in [5.74, 6) is 0.701. The van der Waals surface area contributed by atoms with Crippen LogP contribution in [0.25, 0.3) is 11.1 Å². The summed E-state index contributed by atoms with van der Waals surface area (Å²) in [5, 5.41) is 3.30. The van der Waals surface area contributed by atoms with Crippen molar-refractivity contribution in [1.29, 1.82) is 0 Å². The molecule has 0 saturated heterocycles. The average Bonchev–Trinajstić information content (AvgIpc) is 2.94. The molecule has 0 bridgehead atoms. The molecule has 1 heterocycles. The third kappa shape index (κ3) is 2.41. The van der Waals surface area contributed by atoms with Crippen molar-refractivity contribution in [3.8, 4) is 16.9 Å². The molecule has 2 aromatic rings. The molecule has 0 aromatic heterocycles. The minimum Gasteiger partial charge on any atom is -0.492 e. The van der Waals surface area contributed by atoms with E-state index in [1.54, 1.807) is 6.07 Å². The van der Waals surface area contributed by atoms with Crippen molar-refractivity contribution in [2.75, 3.05) is 13.2 Å². The summed E-state index contributed by atoms with van der Waals surface area (Å²) in [6.07, 6.45) is 0.932. The van der Waals surface area contributed by atoms with Crippen LogP contribution in [0, 0.1) is 5.82 Å². The number of para-hydroxylation sites is 1. The Hall–Kier alpha value is -1.87. The first kappa shape index (κ1) is 13.1. The number of fused-ring (bicyclic) bond motifs is 1. The molecule has 2 aromatic carbocycles. The van der Waals surface area contributed by atoms with Crippen LogP contribution < -0.4 is 10.1 Å². The highest BCUT2D eigenvalue weighted by atomic mass is 19.1. The second-order valence-electron chi connectivity index (χ2n) is 4.97. The van der Waals surface area contributed by atoms with E-state index in [0.717, 1.165) is 42.0 Å². The highest BCUT2D eigenvalue weighted by Gasteiger charge is 2.18. The van der Waals surface area contributed by atoms with Gasteiger partial charge in [0.15, 0.2) is 0 Å². The first-order chi connectivity index (χ1) is 9.79. The van der Waals surface area contributed by atoms with E-state index in [9.17, 15) is 4.39 Å². The van der Waals surface area contributed by atoms with Crippen LogP contribution in [-0.2, 0) is 13.0 Å². The van der Waals surface area contributed by atoms with E-state index in [1.165, 1.54) is 11.6 Å². The Labute approximate surface area is 118 Å². The van der Waals surface area contributed by atoms with Crippen LogP contribution in [0.2, 0.25) is 0 Å². The third-order valence-corrected chi connectivity index (χ3v) is 3.64. The maximum atomic E-state index is 13.6. The third-order valence-electron chi connectivity index (χ3n) is 3.64. The molecule has 1 aliphatic heterocycles. The molecule has 3 rings (SSSR count). The fourth-order valence-corrected chi connectivity index (χ4v) is 2.64. The summed E-state index contributed by atoms with van der Waals surface area (Å²) >= 11 is 0. The van der Waals surface area contributed by atoms with E-state index in [0.29, 0.717) is 6.61 Å². The minimum atomic E-state index is -0.212. The van der Waals surface area contributed by atoms with Crippen LogP contribution in [0.3, 0.4) is 0 Å². The molecule has 1 N–H and O–H groups in total. The van der Waals surface area contributed by atoms with Crippen molar-refractivity contribution in [3.05, 3.63) is 53.3 Å². The monoisotopic (exact) mass is 271 g/mol. The van der Waals surface area contributed by atoms with Crippen LogP contribution in [0.4, 0.5) is 4.39 Å². The van der Waals surface area contributed by atoms with E-state index in [4.69, 9.17) is 4.74 Å². The standard InChI is InChI=1S/C17H18FNO/c1-2-19-11-13-6-7-14(18)10-16(13)15-5-3-4-12-8-9-20-17(12)15/h3-7,10,19H,2,8-9,11H2,1H3. The van der Waals surface area contributed by atoms with Crippen LogP contribution in [0.15, 0.2) is 36.4 Å². The normalized spacial score (nSPS) is 13.1. The molecule has 20 heavy (non-hydrogen) atoms. The average molecular weight is 271 g/mol. The highest BCUT2D eigenvalue weighted by molar-refractivity contribution is 5.75. The van der Waals surface area contributed by atoms with E-state index >= 15 is 0 Å². The largest absolute Gasteiger partial charge is 0.492 e. The summed E-state index contributed by atoms with van der Waals surface area (Å²) < 4.78 is 19.4. The van der Waals surface area contributed by atoms with Crippen LogP contribution in [0.5, 0.6) is 5.75 Å². The topological polar surface area (TPSA) is 21.3 Å². The molecular weight excluding hydrogens is 253 g/mol. The van der Waals surface area contributed by atoms with Gasteiger partial charge in [-0.1, -0.05) is 31.2 Å². The lowest BCUT2D eigenvalue weighted by atomic mass is 9.96. The maximum absolute atomic E-state index is 13.6. The van der Waals surface area contributed by atoms with Gasteiger partial charge in [-0.15, -0.1) is 0 Å². The molecule has 0 amide bonds. The molecular formula is C17H18FNO. The van der Waals surface area contributed by atoms with Gasteiger partial charge in [-0.3, -0.25) is 0 Å². The zero-order valence-corrected chi connectivity index (χ0v) is 11.6. The van der Waals surface area contributed by atoms with Gasteiger partial charge in [-0.05, 0) is 35.4 Å². The molecule has 0 atom stereocenters. The lowest BCUT2D eigenvalue weighted by Gasteiger charge is -2.13. The SMILES string of the molecule is CCNCc1ccc(F)cc1-c1cccc2c1OCC2. The van der Waals surface area contributed by atoms with Gasteiger partial charge in [0.2, 0.25) is 0 Å². The smallest absolute Gasteiger partial charge is 0.130 e. The van der Waals surface area contributed by atoms with Gasteiger partial charge >= 0.3 is 0 Å². The summed E-state index contributed by atoms with van der Waals surface area (Å²) in [5.41, 5.74) is 4.22. The number of hydrogen-bond donors (Lipinski definition) is 1. The van der Waals surface area contributed by atoms with Crippen molar-refractivity contribution >= 4 is 0 Å². The number of halogens is 1. The Morgan fingerprint density at radius 2 is 2.10 bits per heavy atom. The van der Waals surface area contributed by atoms with Crippen molar-refractivity contribution in [1.82, 2.24) is 5.32 Å². The van der Waals surface area contributed by atoms with Crippen molar-refractivity contribution in [2.24, 2.45) is 0 Å². The number of rotatable bonds is 4. The molecule has 0 radical (unpaired) electrons. The predicted molar refractivity (Wildman–Crippen MR) is 78.4 cm³/mol. The van der Waals surface area contributed by atoms with E-state index in [2.05, 4.69) is 18.3 Å². The first-order valence-corrected chi connectivity index (χ1v) is 7.04. The lowest BCUT2D eigenvalue weighted by Crippen LogP contribution is -2.12. The molecule has 0 aliphatic carbocycles. The molecule has 0 fully saturated rings. The number of nitrogens with one attached hydrogen (secondary N) is 1. The van der Waals surface area contributed by atoms with E-state index in [1.807, 2.05) is 18.2 Å². The molecule has 104 valence electrons. The van der Waals surface area contributed by atoms with Crippen molar-refractivity contribution < 1.29 is 9.13 Å². The van der Waals surface area contributed by atoms with Gasteiger partial charge in [0.05, 0.1) is 6.61 Å². The predicted octanol–water partition coefficient (Wildman–Crippen LogP) is 3.54. The molecule has 0 spiro atoms. The Morgan fingerprint density at radius 1 is 1.20 bits per heavy atom. The fraction of sp³-hybridized carbons (Fsp3) is 0.294. The van der Waals surface area contributed by atoms with Crippen LogP contribution in [0.1, 0.15) is 18.1 Å². The van der Waals surface area contributed by atoms with Crippen LogP contribution >= 0.6 is 0 Å². The number of hydrogen-bond acceptors (Lipinski definition) is 2. The van der Waals surface area contributed by atoms with E-state index in [-0.39, 0.29) is 5.82 Å². The summed E-state index contributed by atoms with van der Waals surface area (Å²) in [4.78, 5) is 0. The maximum Gasteiger partial charge on any atom is 0.130 e. The molecule has 3 heteroatoms. The minimum absolute atomic E-state index is 0.212. The first-order valence-electron chi connectivity index (χ1n) is 7.04. The highest BCUT2D eigenvalue weighted by Crippen LogP contribution is 2.38. The van der Waals surface area contributed by atoms with Gasteiger partial charge in [0.1, 0.15) is 11.6 Å². The van der Waals surface area contributed by atoms with Crippen molar-refractivity contribution in [3.63, 3.8) is 0 Å². The van der Waals surface area contributed by atoms with Gasteiger partial charge in [0.25, 0.3) is 0 Å². The summed E-state index contributed by atoms with van der Waals surface area (Å²) in [6, 6.07) is 11.1. The lowest BCUT2D eigenvalue weighted by molar-refractivity contribution is 0.358.